The molecule has 2 unspecified atom stereocenters. The summed E-state index contributed by atoms with van der Waals surface area (Å²) in [5.41, 5.74) is 2.46. The Morgan fingerprint density at radius 1 is 1.21 bits per heavy atom. The zero-order chi connectivity index (χ0) is 17.1. The zero-order valence-electron chi connectivity index (χ0n) is 14.3. The van der Waals surface area contributed by atoms with Gasteiger partial charge in [0.15, 0.2) is 0 Å². The van der Waals surface area contributed by atoms with Crippen LogP contribution in [0.4, 0.5) is 0 Å². The molecule has 0 spiro atoms. The Morgan fingerprint density at radius 3 is 2.50 bits per heavy atom. The number of rotatable bonds is 5. The lowest BCUT2D eigenvalue weighted by molar-refractivity contribution is -0.143. The number of piperidine rings is 1. The molecule has 2 atom stereocenters. The van der Waals surface area contributed by atoms with Crippen LogP contribution >= 0.6 is 0 Å². The molecular formula is C20H25NO3. The highest BCUT2D eigenvalue weighted by Gasteiger charge is 2.32. The normalized spacial score (nSPS) is 20.2. The van der Waals surface area contributed by atoms with E-state index in [1.807, 2.05) is 12.1 Å². The van der Waals surface area contributed by atoms with Gasteiger partial charge in [-0.15, -0.1) is 0 Å². The van der Waals surface area contributed by atoms with E-state index >= 15 is 0 Å². The van der Waals surface area contributed by atoms with Crippen molar-refractivity contribution in [3.05, 3.63) is 59.5 Å². The maximum atomic E-state index is 11.4. The number of furan rings is 1. The van der Waals surface area contributed by atoms with Crippen LogP contribution < -0.4 is 0 Å². The molecule has 4 heteroatoms. The molecule has 2 aromatic rings. The van der Waals surface area contributed by atoms with Gasteiger partial charge in [0, 0.05) is 6.54 Å². The summed E-state index contributed by atoms with van der Waals surface area (Å²) in [6, 6.07) is 12.5. The Labute approximate surface area is 143 Å². The summed E-state index contributed by atoms with van der Waals surface area (Å²) >= 11 is 0. The number of hydrogen-bond donors (Lipinski definition) is 1. The molecule has 4 nitrogen and oxygen atoms in total. The van der Waals surface area contributed by atoms with Crippen molar-refractivity contribution in [3.8, 4) is 0 Å². The molecule has 1 aromatic heterocycles. The van der Waals surface area contributed by atoms with Gasteiger partial charge in [0.1, 0.15) is 5.76 Å². The van der Waals surface area contributed by atoms with Crippen LogP contribution in [0.15, 0.2) is 47.1 Å². The van der Waals surface area contributed by atoms with Crippen molar-refractivity contribution in [1.82, 2.24) is 4.90 Å². The van der Waals surface area contributed by atoms with E-state index in [2.05, 4.69) is 43.0 Å². The van der Waals surface area contributed by atoms with E-state index < -0.39 is 5.97 Å². The van der Waals surface area contributed by atoms with E-state index in [0.29, 0.717) is 12.5 Å². The Bertz CT molecular complexity index is 661. The monoisotopic (exact) mass is 327 g/mol. The summed E-state index contributed by atoms with van der Waals surface area (Å²) in [5, 5.41) is 9.39. The van der Waals surface area contributed by atoms with Gasteiger partial charge in [-0.05, 0) is 48.6 Å². The lowest BCUT2D eigenvalue weighted by Gasteiger charge is -2.36. The van der Waals surface area contributed by atoms with Crippen LogP contribution in [-0.4, -0.2) is 29.1 Å². The maximum Gasteiger partial charge on any atom is 0.307 e. The van der Waals surface area contributed by atoms with Gasteiger partial charge < -0.3 is 9.52 Å². The largest absolute Gasteiger partial charge is 0.481 e. The molecule has 0 saturated carbocycles. The fourth-order valence-electron chi connectivity index (χ4n) is 3.51. The maximum absolute atomic E-state index is 11.4. The van der Waals surface area contributed by atoms with E-state index in [0.717, 1.165) is 30.7 Å². The smallest absolute Gasteiger partial charge is 0.307 e. The Balaban J connectivity index is 1.91. The van der Waals surface area contributed by atoms with Gasteiger partial charge in [-0.3, -0.25) is 9.69 Å². The minimum atomic E-state index is -0.701. The predicted molar refractivity (Wildman–Crippen MR) is 93.0 cm³/mol. The van der Waals surface area contributed by atoms with Crippen molar-refractivity contribution in [1.29, 1.82) is 0 Å². The molecule has 1 saturated heterocycles. The van der Waals surface area contributed by atoms with Gasteiger partial charge in [0.2, 0.25) is 0 Å². The van der Waals surface area contributed by atoms with Gasteiger partial charge in [-0.25, -0.2) is 0 Å². The first-order chi connectivity index (χ1) is 11.6. The summed E-state index contributed by atoms with van der Waals surface area (Å²) in [6.45, 7) is 5.82. The number of likely N-dealkylation sites (tertiary alicyclic amines) is 1. The number of carbonyl (C=O) groups is 1. The molecule has 3 rings (SSSR count). The van der Waals surface area contributed by atoms with Gasteiger partial charge in [0.25, 0.3) is 0 Å². The molecule has 128 valence electrons. The second-order valence-electron chi connectivity index (χ2n) is 6.91. The lowest BCUT2D eigenvalue weighted by Crippen LogP contribution is -2.41. The molecule has 0 amide bonds. The third-order valence-corrected chi connectivity index (χ3v) is 4.90. The van der Waals surface area contributed by atoms with Gasteiger partial charge >= 0.3 is 5.97 Å². The minimum Gasteiger partial charge on any atom is -0.481 e. The van der Waals surface area contributed by atoms with E-state index in [-0.39, 0.29) is 12.0 Å². The molecule has 0 radical (unpaired) electrons. The molecule has 2 heterocycles. The quantitative estimate of drug-likeness (QED) is 0.890. The first-order valence-corrected chi connectivity index (χ1v) is 8.66. The van der Waals surface area contributed by atoms with Crippen molar-refractivity contribution in [2.75, 3.05) is 13.1 Å². The lowest BCUT2D eigenvalue weighted by atomic mass is 9.92. The number of carboxylic acids is 1. The highest BCUT2D eigenvalue weighted by atomic mass is 16.4. The SMILES string of the molecule is CC(C)c1ccc(C(c2ccco2)N2CCCC(C(=O)O)C2)cc1. The summed E-state index contributed by atoms with van der Waals surface area (Å²) in [7, 11) is 0. The number of carboxylic acid groups (broad SMARTS) is 1. The van der Waals surface area contributed by atoms with Gasteiger partial charge in [-0.1, -0.05) is 38.1 Å². The first kappa shape index (κ1) is 16.8. The second-order valence-corrected chi connectivity index (χ2v) is 6.91. The van der Waals surface area contributed by atoms with Crippen LogP contribution in [0.2, 0.25) is 0 Å². The topological polar surface area (TPSA) is 53.7 Å². The molecule has 24 heavy (non-hydrogen) atoms. The van der Waals surface area contributed by atoms with Crippen LogP contribution in [0.5, 0.6) is 0 Å². The Hall–Kier alpha value is -2.07. The molecule has 0 aliphatic carbocycles. The van der Waals surface area contributed by atoms with E-state index in [9.17, 15) is 9.90 Å². The van der Waals surface area contributed by atoms with Crippen molar-refractivity contribution in [2.45, 2.75) is 38.6 Å². The van der Waals surface area contributed by atoms with Crippen molar-refractivity contribution in [3.63, 3.8) is 0 Å². The van der Waals surface area contributed by atoms with Crippen molar-refractivity contribution >= 4 is 5.97 Å². The highest BCUT2D eigenvalue weighted by Crippen LogP contribution is 2.33. The van der Waals surface area contributed by atoms with Crippen LogP contribution in [-0.2, 0) is 4.79 Å². The van der Waals surface area contributed by atoms with Crippen molar-refractivity contribution < 1.29 is 14.3 Å². The Morgan fingerprint density at radius 2 is 1.92 bits per heavy atom. The fourth-order valence-corrected chi connectivity index (χ4v) is 3.51. The van der Waals surface area contributed by atoms with Gasteiger partial charge in [0.05, 0.1) is 18.2 Å². The second kappa shape index (κ2) is 7.22. The number of nitrogens with zero attached hydrogens (tertiary/aromatic N) is 1. The van der Waals surface area contributed by atoms with Crippen LogP contribution in [0.1, 0.15) is 55.5 Å². The molecule has 1 N–H and O–H groups in total. The zero-order valence-corrected chi connectivity index (χ0v) is 14.3. The average Bonchev–Trinajstić information content (AvgIpc) is 3.10. The predicted octanol–water partition coefficient (Wildman–Crippen LogP) is 4.29. The number of aliphatic carboxylic acids is 1. The van der Waals surface area contributed by atoms with E-state index in [1.165, 1.54) is 5.56 Å². The number of benzene rings is 1. The molecule has 1 fully saturated rings. The highest BCUT2D eigenvalue weighted by molar-refractivity contribution is 5.70. The summed E-state index contributed by atoms with van der Waals surface area (Å²) in [6.07, 6.45) is 3.34. The summed E-state index contributed by atoms with van der Waals surface area (Å²) in [4.78, 5) is 13.7. The molecule has 1 aliphatic heterocycles. The fraction of sp³-hybridized carbons (Fsp3) is 0.450. The number of hydrogen-bond acceptors (Lipinski definition) is 3. The van der Waals surface area contributed by atoms with Crippen molar-refractivity contribution in [2.24, 2.45) is 5.92 Å². The third kappa shape index (κ3) is 3.54. The minimum absolute atomic E-state index is 0.0247. The van der Waals surface area contributed by atoms with Crippen LogP contribution in [0.25, 0.3) is 0 Å². The standard InChI is InChI=1S/C20H25NO3/c1-14(2)15-7-9-16(10-8-15)19(18-6-4-12-24-18)21-11-3-5-17(13-21)20(22)23/h4,6-10,12,14,17,19H,3,5,11,13H2,1-2H3,(H,22,23). The first-order valence-electron chi connectivity index (χ1n) is 8.66. The molecular weight excluding hydrogens is 302 g/mol. The van der Waals surface area contributed by atoms with Gasteiger partial charge in [-0.2, -0.15) is 0 Å². The molecule has 1 aliphatic rings. The Kier molecular flexibility index (Phi) is 5.05. The van der Waals surface area contributed by atoms with Crippen LogP contribution in [0, 0.1) is 5.92 Å². The van der Waals surface area contributed by atoms with E-state index in [4.69, 9.17) is 4.42 Å². The summed E-state index contributed by atoms with van der Waals surface area (Å²) < 4.78 is 5.69. The average molecular weight is 327 g/mol. The van der Waals surface area contributed by atoms with Crippen LogP contribution in [0.3, 0.4) is 0 Å². The molecule has 1 aromatic carbocycles. The molecule has 0 bridgehead atoms. The van der Waals surface area contributed by atoms with E-state index in [1.54, 1.807) is 6.26 Å². The third-order valence-electron chi connectivity index (χ3n) is 4.90. The summed E-state index contributed by atoms with van der Waals surface area (Å²) in [5.74, 6) is 0.366.